The largest absolute Gasteiger partial charge is 0.741 e. The third-order valence-corrected chi connectivity index (χ3v) is 16.9. The number of fused-ring (bicyclic) bond motifs is 2. The van der Waals surface area contributed by atoms with Crippen molar-refractivity contribution in [3.63, 3.8) is 0 Å². The lowest BCUT2D eigenvalue weighted by atomic mass is 9.79. The lowest BCUT2D eigenvalue weighted by Gasteiger charge is -2.49. The molecule has 2 aliphatic rings. The third-order valence-electron chi connectivity index (χ3n) is 9.23. The van der Waals surface area contributed by atoms with Gasteiger partial charge in [-0.05, 0) is 36.7 Å². The van der Waals surface area contributed by atoms with Gasteiger partial charge in [-0.2, -0.15) is 13.2 Å². The van der Waals surface area contributed by atoms with E-state index in [4.69, 9.17) is 22.4 Å². The van der Waals surface area contributed by atoms with E-state index in [1.165, 1.54) is 22.2 Å². The summed E-state index contributed by atoms with van der Waals surface area (Å²) in [6, 6.07) is 9.08. The van der Waals surface area contributed by atoms with Gasteiger partial charge >= 0.3 is 11.5 Å². The summed E-state index contributed by atoms with van der Waals surface area (Å²) in [6.45, 7) is 13.5. The molecule has 0 saturated carbocycles. The number of nitrogens with zero attached hydrogens (tertiary/aromatic N) is 3. The molecule has 0 bridgehead atoms. The highest BCUT2D eigenvalue weighted by atomic mass is 32.2. The lowest BCUT2D eigenvalue weighted by molar-refractivity contribution is -0.701. The van der Waals surface area contributed by atoms with Crippen LogP contribution < -0.4 is 4.57 Å². The zero-order valence-corrected chi connectivity index (χ0v) is 30.8. The number of alkyl halides is 3. The van der Waals surface area contributed by atoms with Crippen molar-refractivity contribution in [3.05, 3.63) is 52.6 Å². The molecule has 2 aliphatic heterocycles. The van der Waals surface area contributed by atoms with Crippen molar-refractivity contribution in [2.45, 2.75) is 94.6 Å². The topological polar surface area (TPSA) is 157 Å². The molecular formula is C30H39F3N4O7S3Si. The standard InChI is InChI=1S/C29H38N4O4S2Si.CHF3O3S/c1-7-40(8-2,9-3)37-18(5)22-24-17(4)26(25(28(35)36)33(24)27(22)34)39-29-31-23-20(11-10-12-21(23)38-29)13-15-32-16-14-30-19(32)6;2-1(3,4)8(5,6)7/h10-12,14,16-18,22,24H,7-9,13,15H2,1-6H3,(H,35,36);(H,5,6,7)/t17-,18-,22-,24-;/m1./s1. The van der Waals surface area contributed by atoms with E-state index in [1.54, 1.807) is 11.3 Å². The van der Waals surface area contributed by atoms with Crippen molar-refractivity contribution in [1.82, 2.24) is 14.9 Å². The number of halogens is 3. The average Bonchev–Trinajstić information content (AvgIpc) is 3.69. The molecule has 0 aliphatic carbocycles. The number of β-lactam (4-membered cyclic amide) rings is 1. The van der Waals surface area contributed by atoms with Gasteiger partial charge in [-0.25, -0.2) is 27.7 Å². The molecule has 0 radical (unpaired) electrons. The van der Waals surface area contributed by atoms with Crippen LogP contribution >= 0.6 is 23.1 Å². The Morgan fingerprint density at radius 1 is 1.27 bits per heavy atom. The molecule has 2 aromatic heterocycles. The SMILES string of the molecule is CC[Si](CC)(CC)O[C@H](C)[C@H]1C(=O)N2C(C(=O)O)=C(Sc3nc4c(CC[n+]5cc[nH]c5C)cccc4s3)[C@H](C)[C@H]12.O=S(=O)([O-])C(F)(F)F. The zero-order chi connectivity index (χ0) is 35.8. The minimum Gasteiger partial charge on any atom is -0.741 e. The van der Waals surface area contributed by atoms with Gasteiger partial charge in [0.25, 0.3) is 5.82 Å². The summed E-state index contributed by atoms with van der Waals surface area (Å²) in [6.07, 6.45) is 4.59. The Bertz CT molecular complexity index is 1800. The van der Waals surface area contributed by atoms with Gasteiger partial charge in [-0.1, -0.05) is 51.6 Å². The van der Waals surface area contributed by atoms with Gasteiger partial charge in [0.05, 0.1) is 34.8 Å². The maximum absolute atomic E-state index is 13.4. The fourth-order valence-electron chi connectivity index (χ4n) is 6.36. The molecule has 4 heterocycles. The van der Waals surface area contributed by atoms with Crippen LogP contribution in [0, 0.1) is 18.8 Å². The number of thioether (sulfide) groups is 1. The van der Waals surface area contributed by atoms with E-state index in [0.29, 0.717) is 4.91 Å². The Kier molecular flexibility index (Phi) is 11.6. The molecule has 5 rings (SSSR count). The molecule has 0 unspecified atom stereocenters. The van der Waals surface area contributed by atoms with Crippen LogP contribution in [0.25, 0.3) is 10.2 Å². The molecular weight excluding hydrogens is 710 g/mol. The summed E-state index contributed by atoms with van der Waals surface area (Å²) in [4.78, 5) is 36.3. The highest BCUT2D eigenvalue weighted by molar-refractivity contribution is 8.04. The Balaban J connectivity index is 0.000000579. The van der Waals surface area contributed by atoms with Crippen LogP contribution in [-0.4, -0.2) is 70.8 Å². The second kappa shape index (κ2) is 14.6. The first kappa shape index (κ1) is 38.0. The van der Waals surface area contributed by atoms with Crippen LogP contribution in [0.1, 0.15) is 46.0 Å². The number of carbonyl (C=O) groups excluding carboxylic acids is 1. The Morgan fingerprint density at radius 2 is 1.90 bits per heavy atom. The quantitative estimate of drug-likeness (QED) is 0.0770. The summed E-state index contributed by atoms with van der Waals surface area (Å²) in [5.41, 5.74) is -3.40. The number of thiazole rings is 1. The highest BCUT2D eigenvalue weighted by Crippen LogP contribution is 2.53. The van der Waals surface area contributed by atoms with Crippen LogP contribution in [-0.2, 0) is 37.1 Å². The number of para-hydroxylation sites is 1. The summed E-state index contributed by atoms with van der Waals surface area (Å²) in [5, 5.41) is 10.2. The first-order chi connectivity index (χ1) is 22.4. The number of carboxylic acid groups (broad SMARTS) is 1. The molecule has 2 N–H and O–H groups in total. The number of imidazole rings is 1. The van der Waals surface area contributed by atoms with Gasteiger partial charge in [0.15, 0.2) is 22.8 Å². The van der Waals surface area contributed by atoms with Crippen LogP contribution in [0.15, 0.2) is 45.5 Å². The number of aromatic amines is 1. The van der Waals surface area contributed by atoms with Gasteiger partial charge in [0.1, 0.15) is 18.1 Å². The lowest BCUT2D eigenvalue weighted by Crippen LogP contribution is -2.65. The molecule has 48 heavy (non-hydrogen) atoms. The number of aryl methyl sites for hydroxylation is 3. The second-order valence-corrected chi connectivity index (χ2v) is 20.2. The molecule has 18 heteroatoms. The fourth-order valence-corrected chi connectivity index (χ4v) is 11.7. The minimum absolute atomic E-state index is 0.106. The molecule has 1 fully saturated rings. The van der Waals surface area contributed by atoms with Crippen molar-refractivity contribution in [1.29, 1.82) is 0 Å². The number of rotatable bonds is 12. The van der Waals surface area contributed by atoms with Crippen LogP contribution in [0.5, 0.6) is 0 Å². The van der Waals surface area contributed by atoms with Crippen LogP contribution in [0.2, 0.25) is 18.1 Å². The molecule has 1 saturated heterocycles. The normalized spacial score (nSPS) is 20.4. The highest BCUT2D eigenvalue weighted by Gasteiger charge is 2.61. The Labute approximate surface area is 286 Å². The molecule has 264 valence electrons. The van der Waals surface area contributed by atoms with Gasteiger partial charge in [-0.3, -0.25) is 4.79 Å². The van der Waals surface area contributed by atoms with E-state index >= 15 is 0 Å². The first-order valence-corrected chi connectivity index (χ1v) is 21.1. The van der Waals surface area contributed by atoms with Crippen LogP contribution in [0.3, 0.4) is 0 Å². The number of carboxylic acids is 1. The number of benzene rings is 1. The van der Waals surface area contributed by atoms with Crippen molar-refractivity contribution < 1.29 is 49.8 Å². The fraction of sp³-hybridized carbons (Fsp3) is 0.533. The third kappa shape index (κ3) is 7.52. The number of aliphatic carboxylic acids is 1. The smallest absolute Gasteiger partial charge is 0.485 e. The number of H-pyrrole nitrogens is 1. The van der Waals surface area contributed by atoms with E-state index in [1.807, 2.05) is 26.2 Å². The number of hydrogen-bond acceptors (Lipinski definition) is 9. The Hall–Kier alpha value is -2.77. The zero-order valence-electron chi connectivity index (χ0n) is 27.3. The van der Waals surface area contributed by atoms with E-state index in [-0.39, 0.29) is 35.6 Å². The van der Waals surface area contributed by atoms with Crippen molar-refractivity contribution in [3.8, 4) is 0 Å². The van der Waals surface area contributed by atoms with E-state index in [9.17, 15) is 27.9 Å². The summed E-state index contributed by atoms with van der Waals surface area (Å²) >= 11 is 2.99. The van der Waals surface area contributed by atoms with Gasteiger partial charge in [-0.15, -0.1) is 11.3 Å². The van der Waals surface area contributed by atoms with Crippen LogP contribution in [0.4, 0.5) is 13.2 Å². The number of amides is 1. The molecule has 4 atom stereocenters. The van der Waals surface area contributed by atoms with E-state index < -0.39 is 29.9 Å². The molecule has 1 amide bonds. The monoisotopic (exact) mass is 748 g/mol. The van der Waals surface area contributed by atoms with E-state index in [2.05, 4.69) is 55.4 Å². The molecule has 0 spiro atoms. The molecule has 3 aromatic rings. The van der Waals surface area contributed by atoms with Gasteiger partial charge in [0, 0.05) is 24.2 Å². The predicted octanol–water partition coefficient (Wildman–Crippen LogP) is 5.79. The molecule has 1 aromatic carbocycles. The maximum atomic E-state index is 13.4. The summed E-state index contributed by atoms with van der Waals surface area (Å²) < 4.78 is 69.7. The second-order valence-electron chi connectivity index (χ2n) is 11.8. The first-order valence-electron chi connectivity index (χ1n) is 15.5. The van der Waals surface area contributed by atoms with E-state index in [0.717, 1.165) is 51.5 Å². The van der Waals surface area contributed by atoms with Crippen molar-refractivity contribution in [2.75, 3.05) is 0 Å². The Morgan fingerprint density at radius 3 is 2.42 bits per heavy atom. The average molecular weight is 749 g/mol. The molecule has 11 nitrogen and oxygen atoms in total. The summed E-state index contributed by atoms with van der Waals surface area (Å²) in [7, 11) is -8.00. The predicted molar refractivity (Wildman–Crippen MR) is 176 cm³/mol. The number of carbonyl (C=O) groups is 2. The summed E-state index contributed by atoms with van der Waals surface area (Å²) in [5.74, 6) is -0.514. The van der Waals surface area contributed by atoms with Gasteiger partial charge < -0.3 is 19.0 Å². The number of nitrogens with one attached hydrogen (secondary N) is 1. The maximum Gasteiger partial charge on any atom is 0.485 e. The minimum atomic E-state index is -6.09. The van der Waals surface area contributed by atoms with Gasteiger partial charge in [0.2, 0.25) is 5.91 Å². The van der Waals surface area contributed by atoms with Crippen molar-refractivity contribution in [2.24, 2.45) is 11.8 Å². The number of hydrogen-bond donors (Lipinski definition) is 2. The van der Waals surface area contributed by atoms with Crippen molar-refractivity contribution >= 4 is 63.6 Å². The number of aromatic nitrogens is 3.